The molecular weight excluding hydrogens is 562 g/mol. The minimum Gasteiger partial charge on any atom is -0.462 e. The van der Waals surface area contributed by atoms with Gasteiger partial charge in [0.25, 0.3) is 5.69 Å². The molecule has 192 valence electrons. The number of carbonyl (C=O) groups excluding carboxylic acids is 2. The fourth-order valence-electron chi connectivity index (χ4n) is 3.14. The maximum atomic E-state index is 14.4. The molecule has 0 bridgehead atoms. The summed E-state index contributed by atoms with van der Waals surface area (Å²) in [5.41, 5.74) is 0.237. The summed E-state index contributed by atoms with van der Waals surface area (Å²) >= 11 is 4.32. The Balaban J connectivity index is 2.83. The van der Waals surface area contributed by atoms with E-state index in [2.05, 4.69) is 29.1 Å². The molecule has 0 aliphatic rings. The Morgan fingerprint density at radius 2 is 1.81 bits per heavy atom. The SMILES string of the molecule is C=C/C(F)=C(/CN(C(=O)OCC)c1sc(-c2ccc([N+](=O)[O-])cc2)c(CBr)c1C(=O)OCC)C(=C)F. The van der Waals surface area contributed by atoms with Crippen LogP contribution in [0.4, 0.5) is 24.3 Å². The zero-order chi connectivity index (χ0) is 27.0. The second-order valence-corrected chi connectivity index (χ2v) is 8.53. The van der Waals surface area contributed by atoms with Gasteiger partial charge in [-0.25, -0.2) is 18.4 Å². The van der Waals surface area contributed by atoms with Gasteiger partial charge in [-0.15, -0.1) is 11.3 Å². The molecule has 0 atom stereocenters. The van der Waals surface area contributed by atoms with Gasteiger partial charge in [0, 0.05) is 27.9 Å². The van der Waals surface area contributed by atoms with Crippen molar-refractivity contribution in [2.24, 2.45) is 0 Å². The number of esters is 1. The predicted molar refractivity (Wildman–Crippen MR) is 138 cm³/mol. The maximum Gasteiger partial charge on any atom is 0.415 e. The molecule has 12 heteroatoms. The van der Waals surface area contributed by atoms with Crippen molar-refractivity contribution in [3.8, 4) is 10.4 Å². The number of nitro groups is 1. The Hall–Kier alpha value is -3.38. The third-order valence-electron chi connectivity index (χ3n) is 4.79. The lowest BCUT2D eigenvalue weighted by Crippen LogP contribution is -2.34. The fourth-order valence-corrected chi connectivity index (χ4v) is 5.19. The topological polar surface area (TPSA) is 99.0 Å². The number of non-ortho nitro benzene ring substituents is 1. The number of hydrogen-bond donors (Lipinski definition) is 0. The van der Waals surface area contributed by atoms with E-state index in [1.54, 1.807) is 13.8 Å². The highest BCUT2D eigenvalue weighted by Gasteiger charge is 2.33. The van der Waals surface area contributed by atoms with Crippen LogP contribution in [0.1, 0.15) is 29.8 Å². The zero-order valence-corrected chi connectivity index (χ0v) is 21.9. The minimum atomic E-state index is -1.13. The van der Waals surface area contributed by atoms with Crippen LogP contribution in [0.25, 0.3) is 10.4 Å². The molecule has 1 amide bonds. The molecule has 36 heavy (non-hydrogen) atoms. The highest BCUT2D eigenvalue weighted by molar-refractivity contribution is 9.08. The fraction of sp³-hybridized carbons (Fsp3) is 0.250. The number of nitro benzene ring substituents is 1. The van der Waals surface area contributed by atoms with Crippen molar-refractivity contribution < 1.29 is 32.8 Å². The molecule has 0 fully saturated rings. The van der Waals surface area contributed by atoms with Crippen LogP contribution in [0.3, 0.4) is 0 Å². The number of carbonyl (C=O) groups is 2. The van der Waals surface area contributed by atoms with E-state index in [-0.39, 0.29) is 34.8 Å². The van der Waals surface area contributed by atoms with Crippen molar-refractivity contribution in [3.63, 3.8) is 0 Å². The molecule has 8 nitrogen and oxygen atoms in total. The molecule has 0 unspecified atom stereocenters. The predicted octanol–water partition coefficient (Wildman–Crippen LogP) is 7.25. The van der Waals surface area contributed by atoms with Crippen molar-refractivity contribution in [2.45, 2.75) is 19.2 Å². The van der Waals surface area contributed by atoms with E-state index < -0.39 is 40.8 Å². The summed E-state index contributed by atoms with van der Waals surface area (Å²) < 4.78 is 38.9. The molecule has 0 spiro atoms. The number of anilines is 1. The number of amides is 1. The molecule has 1 aromatic carbocycles. The van der Waals surface area contributed by atoms with E-state index in [0.717, 1.165) is 22.3 Å². The number of rotatable bonds is 11. The van der Waals surface area contributed by atoms with Gasteiger partial charge < -0.3 is 9.47 Å². The number of allylic oxidation sites excluding steroid dienone is 2. The number of nitrogens with zero attached hydrogens (tertiary/aromatic N) is 2. The highest BCUT2D eigenvalue weighted by atomic mass is 79.9. The summed E-state index contributed by atoms with van der Waals surface area (Å²) in [7, 11) is 0. The minimum absolute atomic E-state index is 0.0111. The molecule has 0 aliphatic carbocycles. The molecule has 0 saturated heterocycles. The average Bonchev–Trinajstić information content (AvgIpc) is 3.23. The van der Waals surface area contributed by atoms with E-state index in [4.69, 9.17) is 9.47 Å². The van der Waals surface area contributed by atoms with Crippen LogP contribution in [-0.4, -0.2) is 36.7 Å². The van der Waals surface area contributed by atoms with Gasteiger partial charge in [0.15, 0.2) is 0 Å². The first kappa shape index (κ1) is 28.9. The lowest BCUT2D eigenvalue weighted by atomic mass is 10.1. The van der Waals surface area contributed by atoms with E-state index in [1.807, 2.05) is 0 Å². The smallest absolute Gasteiger partial charge is 0.415 e. The van der Waals surface area contributed by atoms with Gasteiger partial charge in [-0.2, -0.15) is 0 Å². The number of thiophene rings is 1. The molecule has 2 aromatic rings. The molecule has 0 radical (unpaired) electrons. The largest absolute Gasteiger partial charge is 0.462 e. The Labute approximate surface area is 218 Å². The first-order valence-corrected chi connectivity index (χ1v) is 12.5. The van der Waals surface area contributed by atoms with Crippen molar-refractivity contribution in [2.75, 3.05) is 24.7 Å². The van der Waals surface area contributed by atoms with E-state index in [1.165, 1.54) is 24.3 Å². The summed E-state index contributed by atoms with van der Waals surface area (Å²) in [5.74, 6) is -2.94. The molecule has 0 saturated carbocycles. The molecule has 0 N–H and O–H groups in total. The van der Waals surface area contributed by atoms with Crippen LogP contribution in [0.15, 0.2) is 60.7 Å². The van der Waals surface area contributed by atoms with Gasteiger partial charge in [-0.1, -0.05) is 29.1 Å². The van der Waals surface area contributed by atoms with Crippen LogP contribution in [0, 0.1) is 10.1 Å². The maximum absolute atomic E-state index is 14.4. The lowest BCUT2D eigenvalue weighted by Gasteiger charge is -2.23. The van der Waals surface area contributed by atoms with Crippen LogP contribution in [0.5, 0.6) is 0 Å². The van der Waals surface area contributed by atoms with Crippen molar-refractivity contribution in [1.29, 1.82) is 0 Å². The van der Waals surface area contributed by atoms with E-state index >= 15 is 0 Å². The first-order valence-electron chi connectivity index (χ1n) is 10.5. The van der Waals surface area contributed by atoms with Crippen molar-refractivity contribution in [1.82, 2.24) is 0 Å². The zero-order valence-electron chi connectivity index (χ0n) is 19.5. The second-order valence-electron chi connectivity index (χ2n) is 6.97. The van der Waals surface area contributed by atoms with Gasteiger partial charge in [0.1, 0.15) is 16.7 Å². The van der Waals surface area contributed by atoms with Gasteiger partial charge in [0.2, 0.25) is 0 Å². The number of benzene rings is 1. The Morgan fingerprint density at radius 1 is 1.19 bits per heavy atom. The number of halogens is 3. The number of ether oxygens (including phenoxy) is 2. The quantitative estimate of drug-likeness (QED) is 0.0906. The number of hydrogen-bond acceptors (Lipinski definition) is 7. The molecule has 1 aromatic heterocycles. The Kier molecular flexibility index (Phi) is 10.5. The average molecular weight is 585 g/mol. The van der Waals surface area contributed by atoms with Gasteiger partial charge >= 0.3 is 12.1 Å². The van der Waals surface area contributed by atoms with Gasteiger partial charge in [-0.05, 0) is 43.2 Å². The summed E-state index contributed by atoms with van der Waals surface area (Å²) in [6, 6.07) is 5.59. The van der Waals surface area contributed by atoms with Crippen LogP contribution >= 0.6 is 27.3 Å². The molecule has 1 heterocycles. The van der Waals surface area contributed by atoms with E-state index in [0.29, 0.717) is 16.0 Å². The van der Waals surface area contributed by atoms with Gasteiger partial charge in [-0.3, -0.25) is 15.0 Å². The first-order chi connectivity index (χ1) is 17.1. The van der Waals surface area contributed by atoms with Crippen LogP contribution in [0.2, 0.25) is 0 Å². The highest BCUT2D eigenvalue weighted by Crippen LogP contribution is 2.44. The summed E-state index contributed by atoms with van der Waals surface area (Å²) in [5, 5.41) is 11.2. The summed E-state index contributed by atoms with van der Waals surface area (Å²) in [6.07, 6.45) is -0.188. The lowest BCUT2D eigenvalue weighted by molar-refractivity contribution is -0.384. The Morgan fingerprint density at radius 3 is 2.28 bits per heavy atom. The number of alkyl halides is 1. The van der Waals surface area contributed by atoms with Gasteiger partial charge in [0.05, 0.1) is 30.2 Å². The van der Waals surface area contributed by atoms with Crippen LogP contribution < -0.4 is 4.90 Å². The second kappa shape index (κ2) is 13.1. The summed E-state index contributed by atoms with van der Waals surface area (Å²) in [6.45, 7) is 8.90. The standard InChI is InChI=1S/C24H23BrF2N2O6S/c1-5-19(27)18(14(4)26)13-28(24(31)35-7-3)22-20(23(30)34-6-2)17(12-25)21(36-22)15-8-10-16(11-9-15)29(32)33/h5,8-11H,1,4,6-7,12-13H2,2-3H3/b19-18+. The van der Waals surface area contributed by atoms with E-state index in [9.17, 15) is 28.5 Å². The monoisotopic (exact) mass is 584 g/mol. The molecule has 0 aliphatic heterocycles. The molecular formula is C24H23BrF2N2O6S. The third kappa shape index (κ3) is 6.43. The van der Waals surface area contributed by atoms with Crippen molar-refractivity contribution >= 4 is 50.0 Å². The summed E-state index contributed by atoms with van der Waals surface area (Å²) in [4.78, 5) is 37.9. The van der Waals surface area contributed by atoms with Crippen molar-refractivity contribution in [3.05, 3.63) is 82.0 Å². The third-order valence-corrected chi connectivity index (χ3v) is 6.65. The van der Waals surface area contributed by atoms with Crippen LogP contribution in [-0.2, 0) is 14.8 Å². The molecule has 2 rings (SSSR count). The Bertz CT molecular complexity index is 1210. The normalized spacial score (nSPS) is 11.4.